The third kappa shape index (κ3) is 10.7. The van der Waals surface area contributed by atoms with E-state index in [1.165, 1.54) is 5.56 Å². The Bertz CT molecular complexity index is 1420. The van der Waals surface area contributed by atoms with Crippen LogP contribution in [0.3, 0.4) is 0 Å². The molecule has 3 N–H and O–H groups in total. The highest BCUT2D eigenvalue weighted by Gasteiger charge is 2.30. The monoisotopic (exact) mass is 646 g/mol. The van der Waals surface area contributed by atoms with Gasteiger partial charge in [-0.1, -0.05) is 37.3 Å². The van der Waals surface area contributed by atoms with E-state index in [1.54, 1.807) is 54.5 Å². The molecule has 4 atom stereocenters. The SMILES string of the molecule is COc1ccc(NC(=O)Nc2ccc3c(c2)C(=O)N([C@@H](C)CO)C[C@@H](C)[C@@H](CN(C)Cc2ccccc2)OCCCC[C@H](C)O3)cc1. The summed E-state index contributed by atoms with van der Waals surface area (Å²) >= 11 is 0. The third-order valence-electron chi connectivity index (χ3n) is 8.44. The minimum absolute atomic E-state index is 0.0333. The first-order chi connectivity index (χ1) is 22.7. The smallest absolute Gasteiger partial charge is 0.323 e. The topological polar surface area (TPSA) is 113 Å². The molecule has 1 aliphatic rings. The molecule has 0 unspecified atom stereocenters. The van der Waals surface area contributed by atoms with Crippen LogP contribution in [0.15, 0.2) is 72.8 Å². The van der Waals surface area contributed by atoms with Crippen molar-refractivity contribution in [3.63, 3.8) is 0 Å². The summed E-state index contributed by atoms with van der Waals surface area (Å²) in [6.45, 7) is 8.19. The van der Waals surface area contributed by atoms with Gasteiger partial charge in [-0.3, -0.25) is 9.69 Å². The zero-order valence-electron chi connectivity index (χ0n) is 28.3. The molecule has 0 aliphatic carbocycles. The number of nitrogens with zero attached hydrogens (tertiary/aromatic N) is 2. The molecule has 10 heteroatoms. The molecule has 0 fully saturated rings. The van der Waals surface area contributed by atoms with Gasteiger partial charge < -0.3 is 34.9 Å². The van der Waals surface area contributed by atoms with Crippen LogP contribution in [-0.4, -0.2) is 85.6 Å². The Morgan fingerprint density at radius 2 is 1.74 bits per heavy atom. The number of anilines is 2. The third-order valence-corrected chi connectivity index (χ3v) is 8.44. The first-order valence-corrected chi connectivity index (χ1v) is 16.5. The van der Waals surface area contributed by atoms with Gasteiger partial charge in [-0.15, -0.1) is 0 Å². The second-order valence-electron chi connectivity index (χ2n) is 12.5. The van der Waals surface area contributed by atoms with Gasteiger partial charge in [-0.2, -0.15) is 0 Å². The van der Waals surface area contributed by atoms with Gasteiger partial charge in [0.25, 0.3) is 5.91 Å². The van der Waals surface area contributed by atoms with Crippen molar-refractivity contribution in [3.8, 4) is 11.5 Å². The van der Waals surface area contributed by atoms with Crippen LogP contribution >= 0.6 is 0 Å². The molecule has 4 rings (SSSR count). The van der Waals surface area contributed by atoms with Crippen LogP contribution in [0.4, 0.5) is 16.2 Å². The number of aliphatic hydroxyl groups is 1. The van der Waals surface area contributed by atoms with Crippen LogP contribution in [0.2, 0.25) is 0 Å². The van der Waals surface area contributed by atoms with E-state index in [-0.39, 0.29) is 30.6 Å². The lowest BCUT2D eigenvalue weighted by Crippen LogP contribution is -2.47. The summed E-state index contributed by atoms with van der Waals surface area (Å²) in [5, 5.41) is 15.9. The number of benzene rings is 3. The fraction of sp³-hybridized carbons (Fsp3) is 0.459. The molecule has 0 aromatic heterocycles. The van der Waals surface area contributed by atoms with Gasteiger partial charge in [0.15, 0.2) is 0 Å². The Morgan fingerprint density at radius 1 is 1.04 bits per heavy atom. The Labute approximate surface area is 279 Å². The van der Waals surface area contributed by atoms with Crippen molar-refractivity contribution in [1.29, 1.82) is 0 Å². The normalized spacial score (nSPS) is 20.0. The van der Waals surface area contributed by atoms with Gasteiger partial charge >= 0.3 is 6.03 Å². The number of hydrogen-bond donors (Lipinski definition) is 3. The fourth-order valence-corrected chi connectivity index (χ4v) is 5.70. The number of rotatable bonds is 9. The van der Waals surface area contributed by atoms with E-state index in [2.05, 4.69) is 41.6 Å². The Kier molecular flexibility index (Phi) is 13.5. The Balaban J connectivity index is 1.57. The van der Waals surface area contributed by atoms with Gasteiger partial charge in [0.05, 0.1) is 37.5 Å². The number of nitrogens with one attached hydrogen (secondary N) is 2. The maximum absolute atomic E-state index is 14.4. The van der Waals surface area contributed by atoms with Crippen LogP contribution in [0, 0.1) is 5.92 Å². The van der Waals surface area contributed by atoms with Crippen LogP contribution < -0.4 is 20.1 Å². The number of likely N-dealkylation sites (N-methyl/N-ethyl adjacent to an activating group) is 1. The van der Waals surface area contributed by atoms with Gasteiger partial charge in [-0.25, -0.2) is 4.79 Å². The Hall–Kier alpha value is -4.12. The first-order valence-electron chi connectivity index (χ1n) is 16.5. The highest BCUT2D eigenvalue weighted by atomic mass is 16.5. The first kappa shape index (κ1) is 35.7. The summed E-state index contributed by atoms with van der Waals surface area (Å²) in [4.78, 5) is 31.2. The van der Waals surface area contributed by atoms with Crippen molar-refractivity contribution >= 4 is 23.3 Å². The number of carbonyl (C=O) groups is 2. The standard InChI is InChI=1S/C37H50N4O6/c1-26-22-41(27(2)25-42)36(43)33-21-31(39-37(44)38-30-14-17-32(45-5)18-15-30)16-19-34(33)47-28(3)11-9-10-20-46-35(26)24-40(4)23-29-12-7-6-8-13-29/h6-8,12-19,21,26-28,35,42H,9-11,20,22-25H2,1-5H3,(H2,38,39,44)/t26-,27+,28+,35-/m1/s1. The van der Waals surface area contributed by atoms with Crippen molar-refractivity contribution in [2.75, 3.05) is 51.1 Å². The van der Waals surface area contributed by atoms with Crippen molar-refractivity contribution < 1.29 is 28.9 Å². The number of urea groups is 1. The lowest BCUT2D eigenvalue weighted by atomic mass is 10.0. The van der Waals surface area contributed by atoms with Crippen LogP contribution in [0.5, 0.6) is 11.5 Å². The number of aliphatic hydroxyl groups excluding tert-OH is 1. The number of fused-ring (bicyclic) bond motifs is 1. The van der Waals surface area contributed by atoms with Gasteiger partial charge in [0.1, 0.15) is 11.5 Å². The molecule has 47 heavy (non-hydrogen) atoms. The van der Waals surface area contributed by atoms with E-state index in [0.29, 0.717) is 48.1 Å². The molecular weight excluding hydrogens is 596 g/mol. The largest absolute Gasteiger partial charge is 0.497 e. The average molecular weight is 647 g/mol. The van der Waals surface area contributed by atoms with Crippen LogP contribution in [0.1, 0.15) is 56.0 Å². The molecule has 1 heterocycles. The predicted octanol–water partition coefficient (Wildman–Crippen LogP) is 6.27. The summed E-state index contributed by atoms with van der Waals surface area (Å²) in [5.41, 5.74) is 2.58. The van der Waals surface area contributed by atoms with E-state index in [1.807, 2.05) is 32.0 Å². The van der Waals surface area contributed by atoms with Crippen LogP contribution in [0.25, 0.3) is 0 Å². The van der Waals surface area contributed by atoms with E-state index < -0.39 is 12.1 Å². The van der Waals surface area contributed by atoms with Gasteiger partial charge in [-0.05, 0) is 88.2 Å². The van der Waals surface area contributed by atoms with Crippen molar-refractivity contribution in [3.05, 3.63) is 83.9 Å². The summed E-state index contributed by atoms with van der Waals surface area (Å²) < 4.78 is 18.0. The maximum atomic E-state index is 14.4. The van der Waals surface area contributed by atoms with E-state index in [4.69, 9.17) is 14.2 Å². The summed E-state index contributed by atoms with van der Waals surface area (Å²) in [7, 11) is 3.67. The maximum Gasteiger partial charge on any atom is 0.323 e. The summed E-state index contributed by atoms with van der Waals surface area (Å²) in [6.07, 6.45) is 2.34. The number of hydrogen-bond acceptors (Lipinski definition) is 7. The molecule has 0 spiro atoms. The van der Waals surface area contributed by atoms with E-state index in [9.17, 15) is 14.7 Å². The molecule has 0 radical (unpaired) electrons. The van der Waals surface area contributed by atoms with Crippen molar-refractivity contribution in [2.24, 2.45) is 5.92 Å². The fourth-order valence-electron chi connectivity index (χ4n) is 5.70. The molecule has 3 aromatic carbocycles. The van der Waals surface area contributed by atoms with Crippen molar-refractivity contribution in [2.45, 2.75) is 64.8 Å². The van der Waals surface area contributed by atoms with Crippen LogP contribution in [-0.2, 0) is 11.3 Å². The zero-order chi connectivity index (χ0) is 33.8. The zero-order valence-corrected chi connectivity index (χ0v) is 28.3. The quantitative estimate of drug-likeness (QED) is 0.251. The summed E-state index contributed by atoms with van der Waals surface area (Å²) in [5.74, 6) is 0.809. The second kappa shape index (κ2) is 17.7. The number of methoxy groups -OCH3 is 1. The molecular formula is C37H50N4O6. The lowest BCUT2D eigenvalue weighted by molar-refractivity contribution is -0.0177. The molecule has 0 saturated heterocycles. The van der Waals surface area contributed by atoms with Crippen molar-refractivity contribution in [1.82, 2.24) is 9.80 Å². The number of carbonyl (C=O) groups excluding carboxylic acids is 2. The van der Waals surface area contributed by atoms with E-state index in [0.717, 1.165) is 25.8 Å². The number of amides is 3. The second-order valence-corrected chi connectivity index (χ2v) is 12.5. The minimum atomic E-state index is -0.458. The molecule has 10 nitrogen and oxygen atoms in total. The molecule has 0 saturated carbocycles. The van der Waals surface area contributed by atoms with Gasteiger partial charge in [0, 0.05) is 43.5 Å². The highest BCUT2D eigenvalue weighted by molar-refractivity contribution is 6.02. The molecule has 3 amide bonds. The van der Waals surface area contributed by atoms with Gasteiger partial charge in [0.2, 0.25) is 0 Å². The average Bonchev–Trinajstić information content (AvgIpc) is 3.06. The number of ether oxygens (including phenoxy) is 3. The van der Waals surface area contributed by atoms with E-state index >= 15 is 0 Å². The molecule has 254 valence electrons. The predicted molar refractivity (Wildman–Crippen MR) is 185 cm³/mol. The lowest BCUT2D eigenvalue weighted by Gasteiger charge is -2.36. The summed E-state index contributed by atoms with van der Waals surface area (Å²) in [6, 6.07) is 21.5. The molecule has 1 aliphatic heterocycles. The highest BCUT2D eigenvalue weighted by Crippen LogP contribution is 2.29. The minimum Gasteiger partial charge on any atom is -0.497 e. The molecule has 0 bridgehead atoms. The Morgan fingerprint density at radius 3 is 2.45 bits per heavy atom. The molecule has 3 aromatic rings.